The maximum Gasteiger partial charge on any atom is 0.241 e. The van der Waals surface area contributed by atoms with E-state index >= 15 is 0 Å². The first-order chi connectivity index (χ1) is 19.6. The van der Waals surface area contributed by atoms with E-state index in [-0.39, 0.29) is 16.4 Å². The van der Waals surface area contributed by atoms with E-state index in [4.69, 9.17) is 24.7 Å². The van der Waals surface area contributed by atoms with Crippen LogP contribution in [0.5, 0.6) is 11.5 Å². The number of thiophene rings is 1. The van der Waals surface area contributed by atoms with E-state index in [1.165, 1.54) is 22.2 Å². The molecule has 40 heavy (non-hydrogen) atoms. The first-order valence-electron chi connectivity index (χ1n) is 12.3. The molecule has 9 nitrogen and oxygen atoms in total. The Hall–Kier alpha value is -5.22. The lowest BCUT2D eigenvalue weighted by molar-refractivity contribution is -0.670. The minimum absolute atomic E-state index is 0.0540. The number of anilines is 1. The number of carbonyl (C=O) groups excluding carboxylic acids is 1. The molecule has 0 fully saturated rings. The van der Waals surface area contributed by atoms with Gasteiger partial charge in [0.25, 0.3) is 0 Å². The van der Waals surface area contributed by atoms with Crippen molar-refractivity contribution in [1.82, 2.24) is 10.3 Å². The predicted molar refractivity (Wildman–Crippen MR) is 153 cm³/mol. The summed E-state index contributed by atoms with van der Waals surface area (Å²) in [5, 5.41) is 8.74. The van der Waals surface area contributed by atoms with Crippen molar-refractivity contribution in [3.8, 4) is 39.6 Å². The number of hydrogen-bond acceptors (Lipinski definition) is 8. The topological polar surface area (TPSA) is 118 Å². The van der Waals surface area contributed by atoms with E-state index in [0.717, 1.165) is 28.1 Å². The fourth-order valence-corrected chi connectivity index (χ4v) is 5.49. The lowest BCUT2D eigenvalue weighted by Crippen LogP contribution is -2.30. The predicted octanol–water partition coefficient (Wildman–Crippen LogP) is 6.34. The van der Waals surface area contributed by atoms with E-state index < -0.39 is 5.91 Å². The van der Waals surface area contributed by atoms with Crippen LogP contribution in [0.1, 0.15) is 9.67 Å². The number of fused-ring (bicyclic) bond motifs is 1. The van der Waals surface area contributed by atoms with Gasteiger partial charge in [-0.2, -0.15) is 0 Å². The second kappa shape index (κ2) is 10.5. The third kappa shape index (κ3) is 4.50. The smallest absolute Gasteiger partial charge is 0.241 e. The first-order valence-corrected chi connectivity index (χ1v) is 13.1. The SMILES string of the molecule is COc1cccc(-c2cc(-c3ccccc3)nc3sc(C(=O)[N-]c4c[n+](-c5ccccc5)no4)c(N)c23)c1OC. The highest BCUT2D eigenvalue weighted by molar-refractivity contribution is 7.21. The molecule has 198 valence electrons. The molecule has 1 amide bonds. The molecule has 6 rings (SSSR count). The van der Waals surface area contributed by atoms with E-state index in [2.05, 4.69) is 10.6 Å². The van der Waals surface area contributed by atoms with Crippen molar-refractivity contribution >= 4 is 39.0 Å². The van der Waals surface area contributed by atoms with Crippen LogP contribution in [0.15, 0.2) is 95.6 Å². The highest BCUT2D eigenvalue weighted by Crippen LogP contribution is 2.46. The number of rotatable bonds is 7. The molecule has 2 N–H and O–H groups in total. The Kier molecular flexibility index (Phi) is 6.59. The quantitative estimate of drug-likeness (QED) is 0.231. The molecule has 0 saturated carbocycles. The van der Waals surface area contributed by atoms with Crippen molar-refractivity contribution < 1.29 is 23.5 Å². The average molecular weight is 550 g/mol. The summed E-state index contributed by atoms with van der Waals surface area (Å²) in [5.74, 6) is 0.621. The molecule has 0 bridgehead atoms. The van der Waals surface area contributed by atoms with Crippen LogP contribution in [0.4, 0.5) is 11.6 Å². The molecular formula is C30H23N5O4S. The van der Waals surface area contributed by atoms with Crippen molar-refractivity contribution in [3.05, 3.63) is 101 Å². The van der Waals surface area contributed by atoms with Crippen molar-refractivity contribution in [2.75, 3.05) is 20.0 Å². The zero-order valence-corrected chi connectivity index (χ0v) is 22.4. The van der Waals surface area contributed by atoms with Crippen LogP contribution in [-0.2, 0) is 0 Å². The Morgan fingerprint density at radius 2 is 1.70 bits per heavy atom. The minimum atomic E-state index is -0.554. The third-order valence-corrected chi connectivity index (χ3v) is 7.43. The number of amides is 1. The van der Waals surface area contributed by atoms with Crippen LogP contribution in [-0.4, -0.2) is 30.4 Å². The molecule has 3 aromatic heterocycles. The molecule has 3 heterocycles. The van der Waals surface area contributed by atoms with Gasteiger partial charge in [-0.05, 0) is 16.8 Å². The minimum Gasteiger partial charge on any atom is -0.583 e. The number of nitrogens with zero attached hydrogens (tertiary/aromatic N) is 4. The molecule has 10 heteroatoms. The van der Waals surface area contributed by atoms with Gasteiger partial charge in [0.2, 0.25) is 17.2 Å². The summed E-state index contributed by atoms with van der Waals surface area (Å²) in [6.45, 7) is 0. The Balaban J connectivity index is 1.47. The van der Waals surface area contributed by atoms with Gasteiger partial charge in [0.1, 0.15) is 16.6 Å². The normalized spacial score (nSPS) is 10.9. The summed E-state index contributed by atoms with van der Waals surface area (Å²) in [7, 11) is 3.17. The summed E-state index contributed by atoms with van der Waals surface area (Å²) < 4.78 is 18.1. The molecule has 0 aliphatic carbocycles. The summed E-state index contributed by atoms with van der Waals surface area (Å²) in [4.78, 5) is 19.1. The second-order valence-corrected chi connectivity index (χ2v) is 9.72. The molecule has 0 aliphatic heterocycles. The van der Waals surface area contributed by atoms with Crippen LogP contribution in [0.25, 0.3) is 43.6 Å². The number of para-hydroxylation sites is 2. The van der Waals surface area contributed by atoms with E-state index in [1.807, 2.05) is 84.9 Å². The van der Waals surface area contributed by atoms with Crippen LogP contribution in [0, 0.1) is 0 Å². The van der Waals surface area contributed by atoms with Crippen LogP contribution >= 0.6 is 11.3 Å². The highest BCUT2D eigenvalue weighted by atomic mass is 32.1. The van der Waals surface area contributed by atoms with Crippen LogP contribution in [0.3, 0.4) is 0 Å². The van der Waals surface area contributed by atoms with Crippen molar-refractivity contribution in [2.24, 2.45) is 0 Å². The molecule has 0 radical (unpaired) electrons. The molecule has 6 aromatic rings. The Morgan fingerprint density at radius 1 is 0.950 bits per heavy atom. The summed E-state index contributed by atoms with van der Waals surface area (Å²) in [5.41, 5.74) is 10.9. The number of methoxy groups -OCH3 is 2. The van der Waals surface area contributed by atoms with Gasteiger partial charge >= 0.3 is 0 Å². The van der Waals surface area contributed by atoms with Gasteiger partial charge in [-0.25, -0.2) is 4.98 Å². The van der Waals surface area contributed by atoms with Gasteiger partial charge in [-0.15, -0.1) is 11.3 Å². The average Bonchev–Trinajstić information content (AvgIpc) is 3.61. The summed E-state index contributed by atoms with van der Waals surface area (Å²) in [6, 6.07) is 26.7. The summed E-state index contributed by atoms with van der Waals surface area (Å²) in [6.07, 6.45) is 1.54. The van der Waals surface area contributed by atoms with Crippen molar-refractivity contribution in [1.29, 1.82) is 0 Å². The summed E-state index contributed by atoms with van der Waals surface area (Å²) >= 11 is 1.18. The maximum absolute atomic E-state index is 13.4. The molecular weight excluding hydrogens is 526 g/mol. The van der Waals surface area contributed by atoms with Gasteiger partial charge in [0.05, 0.1) is 30.5 Å². The zero-order chi connectivity index (χ0) is 27.6. The molecule has 0 spiro atoms. The fraction of sp³-hybridized carbons (Fsp3) is 0.0667. The molecule has 0 saturated heterocycles. The maximum atomic E-state index is 13.4. The molecule has 3 aromatic carbocycles. The van der Waals surface area contributed by atoms with Gasteiger partial charge in [-0.1, -0.05) is 60.7 Å². The number of aromatic nitrogens is 3. The monoisotopic (exact) mass is 549 g/mol. The van der Waals surface area contributed by atoms with Crippen molar-refractivity contribution in [3.63, 3.8) is 0 Å². The van der Waals surface area contributed by atoms with Crippen LogP contribution < -0.4 is 19.9 Å². The van der Waals surface area contributed by atoms with E-state index in [9.17, 15) is 4.79 Å². The lowest BCUT2D eigenvalue weighted by atomic mass is 9.98. The fourth-order valence-electron chi connectivity index (χ4n) is 4.49. The number of benzene rings is 3. The van der Waals surface area contributed by atoms with Gasteiger partial charge in [0.15, 0.2) is 11.5 Å². The van der Waals surface area contributed by atoms with Crippen LogP contribution in [0.2, 0.25) is 0 Å². The largest absolute Gasteiger partial charge is 0.583 e. The Bertz CT molecular complexity index is 1830. The number of nitrogens with two attached hydrogens (primary N) is 1. The van der Waals surface area contributed by atoms with Gasteiger partial charge in [-0.3, -0.25) is 0 Å². The number of carbonyl (C=O) groups is 1. The van der Waals surface area contributed by atoms with Gasteiger partial charge < -0.3 is 29.8 Å². The number of ether oxygens (including phenoxy) is 2. The second-order valence-electron chi connectivity index (χ2n) is 8.72. The van der Waals surface area contributed by atoms with Crippen molar-refractivity contribution in [2.45, 2.75) is 0 Å². The Morgan fingerprint density at radius 3 is 2.42 bits per heavy atom. The molecule has 0 unspecified atom stereocenters. The lowest BCUT2D eigenvalue weighted by Gasteiger charge is -2.15. The highest BCUT2D eigenvalue weighted by Gasteiger charge is 2.22. The number of pyridine rings is 1. The van der Waals surface area contributed by atoms with Gasteiger partial charge in [0, 0.05) is 34.2 Å². The third-order valence-electron chi connectivity index (χ3n) is 6.34. The van der Waals surface area contributed by atoms with E-state index in [0.29, 0.717) is 21.7 Å². The molecule has 0 aliphatic rings. The first kappa shape index (κ1) is 25.1. The molecule has 0 atom stereocenters. The number of nitrogen functional groups attached to an aromatic ring is 1. The van der Waals surface area contributed by atoms with E-state index in [1.54, 1.807) is 14.2 Å². The Labute approximate surface area is 233 Å². The number of hydrogen-bond donors (Lipinski definition) is 1. The standard InChI is InChI=1S/C30H23N5O4S/c1-37-23-15-9-14-20(27(23)38-2)21-16-22(18-10-5-3-6-11-18)32-30-25(21)26(31)28(40-30)29(36)33-24-17-35(34-39-24)19-12-7-4-8-13-19/h3-17H,1-2H3,(H2-,31,33,34,36). The zero-order valence-electron chi connectivity index (χ0n) is 21.6.